The van der Waals surface area contributed by atoms with E-state index in [9.17, 15) is 14.0 Å². The number of fused-ring (bicyclic) bond motifs is 1. The molecule has 4 N–H and O–H groups in total. The van der Waals surface area contributed by atoms with Gasteiger partial charge in [0.15, 0.2) is 0 Å². The van der Waals surface area contributed by atoms with E-state index in [1.54, 1.807) is 4.90 Å². The molecule has 35 heavy (non-hydrogen) atoms. The molecule has 2 heterocycles. The summed E-state index contributed by atoms with van der Waals surface area (Å²) in [5, 5.41) is 6.80. The van der Waals surface area contributed by atoms with Gasteiger partial charge in [-0.25, -0.2) is 14.6 Å². The molecule has 2 unspecified atom stereocenters. The van der Waals surface area contributed by atoms with Gasteiger partial charge in [0.1, 0.15) is 35.3 Å². The predicted octanol–water partition coefficient (Wildman–Crippen LogP) is 3.07. The molecule has 9 nitrogen and oxygen atoms in total. The highest BCUT2D eigenvalue weighted by atomic mass is 19.1. The fourth-order valence-electron chi connectivity index (χ4n) is 5.03. The molecule has 10 heteroatoms. The molecule has 0 bridgehead atoms. The van der Waals surface area contributed by atoms with Crippen LogP contribution in [0.25, 0.3) is 0 Å². The quantitative estimate of drug-likeness (QED) is 0.591. The van der Waals surface area contributed by atoms with Crippen molar-refractivity contribution >= 4 is 23.6 Å². The zero-order chi connectivity index (χ0) is 24.5. The second-order valence-electron chi connectivity index (χ2n) is 8.95. The molecule has 3 aliphatic rings. The van der Waals surface area contributed by atoms with Gasteiger partial charge >= 0.3 is 6.03 Å². The van der Waals surface area contributed by atoms with E-state index in [0.717, 1.165) is 48.7 Å². The number of ether oxygens (including phenoxy) is 1. The van der Waals surface area contributed by atoms with Crippen molar-refractivity contribution in [1.82, 2.24) is 15.6 Å². The Kier molecular flexibility index (Phi) is 6.10. The van der Waals surface area contributed by atoms with E-state index in [0.29, 0.717) is 11.6 Å². The second kappa shape index (κ2) is 9.36. The maximum absolute atomic E-state index is 13.6. The van der Waals surface area contributed by atoms with Gasteiger partial charge in [0.25, 0.3) is 5.91 Å². The Morgan fingerprint density at radius 1 is 1.23 bits per heavy atom. The van der Waals surface area contributed by atoms with Gasteiger partial charge in [-0.2, -0.15) is 5.10 Å². The Hall–Kier alpha value is -3.95. The summed E-state index contributed by atoms with van der Waals surface area (Å²) in [5.74, 6) is 0.715. The molecule has 2 aliphatic heterocycles. The number of benzene rings is 2. The lowest BCUT2D eigenvalue weighted by Crippen LogP contribution is -2.57. The number of nitrogens with one attached hydrogen (secondary N) is 2. The van der Waals surface area contributed by atoms with Crippen molar-refractivity contribution < 1.29 is 18.7 Å². The lowest BCUT2D eigenvalue weighted by atomic mass is 9.97. The number of carbonyl (C=O) groups excluding carboxylic acids is 2. The third kappa shape index (κ3) is 4.31. The van der Waals surface area contributed by atoms with E-state index in [4.69, 9.17) is 15.5 Å². The Labute approximate surface area is 202 Å². The first kappa shape index (κ1) is 22.8. The van der Waals surface area contributed by atoms with Crippen molar-refractivity contribution in [3.05, 3.63) is 65.0 Å². The van der Waals surface area contributed by atoms with Gasteiger partial charge in [-0.05, 0) is 42.2 Å². The van der Waals surface area contributed by atoms with Crippen molar-refractivity contribution in [1.29, 1.82) is 0 Å². The van der Waals surface area contributed by atoms with Crippen LogP contribution in [0.3, 0.4) is 0 Å². The normalized spacial score (nSPS) is 21.8. The molecule has 182 valence electrons. The number of nitrogens with two attached hydrogens (primary N) is 1. The maximum atomic E-state index is 13.6. The monoisotopic (exact) mass is 478 g/mol. The molecule has 0 aromatic heterocycles. The molecular formula is C25H27FN6O3. The third-order valence-electron chi connectivity index (χ3n) is 6.80. The smallest absolute Gasteiger partial charge is 0.344 e. The summed E-state index contributed by atoms with van der Waals surface area (Å²) in [6.07, 6.45) is 4.27. The number of nitrogens with zero attached hydrogens (tertiary/aromatic N) is 3. The van der Waals surface area contributed by atoms with Crippen molar-refractivity contribution in [3.8, 4) is 5.75 Å². The number of aliphatic imine (C=N–C) groups is 1. The minimum Gasteiger partial charge on any atom is -0.496 e. The summed E-state index contributed by atoms with van der Waals surface area (Å²) in [6, 6.07) is 10.3. The van der Waals surface area contributed by atoms with E-state index in [1.807, 2.05) is 24.3 Å². The average Bonchev–Trinajstić information content (AvgIpc) is 3.54. The van der Waals surface area contributed by atoms with Crippen LogP contribution in [0.1, 0.15) is 53.2 Å². The molecule has 1 saturated carbocycles. The number of carbonyl (C=O) groups is 2. The van der Waals surface area contributed by atoms with Gasteiger partial charge in [-0.1, -0.05) is 37.1 Å². The summed E-state index contributed by atoms with van der Waals surface area (Å²) >= 11 is 0. The number of urea groups is 1. The van der Waals surface area contributed by atoms with Gasteiger partial charge < -0.3 is 15.8 Å². The largest absolute Gasteiger partial charge is 0.496 e. The van der Waals surface area contributed by atoms with Gasteiger partial charge in [-0.15, -0.1) is 0 Å². The number of hydrogen-bond donors (Lipinski definition) is 3. The van der Waals surface area contributed by atoms with Crippen LogP contribution < -0.4 is 21.2 Å². The molecular weight excluding hydrogens is 451 g/mol. The van der Waals surface area contributed by atoms with Crippen LogP contribution in [0.4, 0.5) is 9.18 Å². The summed E-state index contributed by atoms with van der Waals surface area (Å²) in [5.41, 5.74) is 10.6. The highest BCUT2D eigenvalue weighted by molar-refractivity contribution is 6.08. The highest BCUT2D eigenvalue weighted by Crippen LogP contribution is 2.38. The van der Waals surface area contributed by atoms with Crippen LogP contribution in [0.5, 0.6) is 5.75 Å². The second-order valence-corrected chi connectivity index (χ2v) is 8.95. The summed E-state index contributed by atoms with van der Waals surface area (Å²) < 4.78 is 18.8. The van der Waals surface area contributed by atoms with E-state index in [-0.39, 0.29) is 30.1 Å². The molecule has 0 radical (unpaired) electrons. The number of methoxy groups -OCH3 is 1. The van der Waals surface area contributed by atoms with Crippen molar-refractivity contribution in [2.75, 3.05) is 7.11 Å². The van der Waals surface area contributed by atoms with Crippen LogP contribution in [-0.2, 0) is 6.54 Å². The predicted molar refractivity (Wildman–Crippen MR) is 128 cm³/mol. The highest BCUT2D eigenvalue weighted by Gasteiger charge is 2.47. The molecule has 2 aromatic rings. The molecule has 2 atom stereocenters. The first-order chi connectivity index (χ1) is 17.0. The van der Waals surface area contributed by atoms with Crippen molar-refractivity contribution in [2.24, 2.45) is 21.7 Å². The van der Waals surface area contributed by atoms with Gasteiger partial charge in [0.05, 0.1) is 12.7 Å². The Morgan fingerprint density at radius 2 is 1.97 bits per heavy atom. The molecule has 0 saturated heterocycles. The Bertz CT molecular complexity index is 1210. The lowest BCUT2D eigenvalue weighted by molar-refractivity contribution is 0.0947. The number of hydrazone groups is 1. The van der Waals surface area contributed by atoms with E-state index < -0.39 is 17.8 Å². The van der Waals surface area contributed by atoms with E-state index in [2.05, 4.69) is 15.8 Å². The van der Waals surface area contributed by atoms with Crippen LogP contribution in [-0.4, -0.2) is 41.7 Å². The minimum absolute atomic E-state index is 0.134. The van der Waals surface area contributed by atoms with Gasteiger partial charge in [-0.3, -0.25) is 14.7 Å². The van der Waals surface area contributed by atoms with Crippen LogP contribution in [0, 0.1) is 11.7 Å². The topological polar surface area (TPSA) is 121 Å². The van der Waals surface area contributed by atoms with Crippen LogP contribution in [0.2, 0.25) is 0 Å². The van der Waals surface area contributed by atoms with E-state index in [1.165, 1.54) is 19.2 Å². The van der Waals surface area contributed by atoms with Gasteiger partial charge in [0.2, 0.25) is 0 Å². The number of rotatable bonds is 6. The number of amidine groups is 2. The van der Waals surface area contributed by atoms with Crippen molar-refractivity contribution in [3.63, 3.8) is 0 Å². The molecule has 0 spiro atoms. The molecule has 1 aliphatic carbocycles. The van der Waals surface area contributed by atoms with Crippen molar-refractivity contribution in [2.45, 2.75) is 44.3 Å². The standard InChI is InChI=1S/C25H27FN6O3/c1-35-19-11-10-17(26)12-18(19)24(33)28-13-14-6-8-15(9-7-14)20-21-22(27)30-31-25(34)32(21)23(29-20)16-4-2-3-5-16/h6-12,16,20-21H,2-5,13H2,1H3,(H2,27,30)(H,28,33)(H,31,34). The summed E-state index contributed by atoms with van der Waals surface area (Å²) in [7, 11) is 1.43. The number of halogens is 1. The number of amides is 3. The summed E-state index contributed by atoms with van der Waals surface area (Å²) in [4.78, 5) is 31.8. The molecule has 3 amide bonds. The SMILES string of the molecule is COc1ccc(F)cc1C(=O)NCc1ccc(C2N=C(C3CCCC3)N3C(=O)NN=C(N)C23)cc1. The fraction of sp³-hybridized carbons (Fsp3) is 0.360. The maximum Gasteiger partial charge on any atom is 0.344 e. The third-order valence-corrected chi connectivity index (χ3v) is 6.80. The average molecular weight is 479 g/mol. The zero-order valence-corrected chi connectivity index (χ0v) is 19.3. The molecule has 2 aromatic carbocycles. The Morgan fingerprint density at radius 3 is 2.69 bits per heavy atom. The minimum atomic E-state index is -0.511. The first-order valence-electron chi connectivity index (χ1n) is 11.7. The zero-order valence-electron chi connectivity index (χ0n) is 19.3. The first-order valence-corrected chi connectivity index (χ1v) is 11.7. The molecule has 5 rings (SSSR count). The fourth-order valence-corrected chi connectivity index (χ4v) is 5.03. The molecule has 1 fully saturated rings. The van der Waals surface area contributed by atoms with E-state index >= 15 is 0 Å². The van der Waals surface area contributed by atoms with Crippen LogP contribution in [0.15, 0.2) is 52.6 Å². The Balaban J connectivity index is 1.33. The van der Waals surface area contributed by atoms with Gasteiger partial charge in [0, 0.05) is 12.5 Å². The lowest BCUT2D eigenvalue weighted by Gasteiger charge is -2.32. The van der Waals surface area contributed by atoms with Crippen LogP contribution >= 0.6 is 0 Å². The number of hydrogen-bond acceptors (Lipinski definition) is 6. The summed E-state index contributed by atoms with van der Waals surface area (Å²) in [6.45, 7) is 0.252.